The van der Waals surface area contributed by atoms with E-state index in [1.54, 1.807) is 13.1 Å². The molecule has 2 aromatic rings. The fraction of sp³-hybridized carbons (Fsp3) is 0.400. The van der Waals surface area contributed by atoms with Gasteiger partial charge in [0.1, 0.15) is 0 Å². The van der Waals surface area contributed by atoms with Gasteiger partial charge in [-0.1, -0.05) is 13.3 Å². The van der Waals surface area contributed by atoms with Crippen LogP contribution in [0, 0.1) is 16.0 Å². The number of rotatable bonds is 4. The number of fused-ring (bicyclic) bond motifs is 1. The predicted molar refractivity (Wildman–Crippen MR) is 81.7 cm³/mol. The number of aryl methyl sites for hydroxylation is 1. The van der Waals surface area contributed by atoms with Gasteiger partial charge in [-0.2, -0.15) is 0 Å². The highest BCUT2D eigenvalue weighted by Crippen LogP contribution is 2.37. The van der Waals surface area contributed by atoms with Gasteiger partial charge in [0.2, 0.25) is 0 Å². The van der Waals surface area contributed by atoms with Crippen LogP contribution in [0.4, 0.5) is 11.4 Å². The molecule has 0 aliphatic heterocycles. The largest absolute Gasteiger partial charge is 0.381 e. The molecule has 0 bridgehead atoms. The summed E-state index contributed by atoms with van der Waals surface area (Å²) in [6, 6.07) is 6.48. The van der Waals surface area contributed by atoms with Crippen LogP contribution in [0.2, 0.25) is 0 Å². The molecular weight excluding hydrogens is 270 g/mol. The van der Waals surface area contributed by atoms with Crippen molar-refractivity contribution in [2.45, 2.75) is 25.8 Å². The van der Waals surface area contributed by atoms with Crippen molar-refractivity contribution in [3.63, 3.8) is 0 Å². The van der Waals surface area contributed by atoms with E-state index >= 15 is 0 Å². The molecule has 1 N–H and O–H groups in total. The standard InChI is InChI=1S/C15H17N3O3/c1-3-9-6-12(9)16-13-8-15(19)17(2)14-5-4-10(18(20)21)7-11(13)14/h4-5,7-9,12,16H,3,6H2,1-2H3/t9-,12-/m1/s1. The lowest BCUT2D eigenvalue weighted by molar-refractivity contribution is -0.384. The monoisotopic (exact) mass is 287 g/mol. The maximum atomic E-state index is 12.0. The molecule has 1 heterocycles. The van der Waals surface area contributed by atoms with E-state index in [-0.39, 0.29) is 11.2 Å². The number of hydrogen-bond donors (Lipinski definition) is 1. The van der Waals surface area contributed by atoms with Crippen molar-refractivity contribution < 1.29 is 4.92 Å². The van der Waals surface area contributed by atoms with Gasteiger partial charge in [-0.3, -0.25) is 14.9 Å². The lowest BCUT2D eigenvalue weighted by Crippen LogP contribution is -2.18. The first-order valence-corrected chi connectivity index (χ1v) is 7.06. The first kappa shape index (κ1) is 13.6. The number of nitrogens with zero attached hydrogens (tertiary/aromatic N) is 2. The van der Waals surface area contributed by atoms with Crippen LogP contribution in [-0.4, -0.2) is 15.5 Å². The van der Waals surface area contributed by atoms with Gasteiger partial charge < -0.3 is 9.88 Å². The highest BCUT2D eigenvalue weighted by molar-refractivity contribution is 5.93. The van der Waals surface area contributed by atoms with Crippen molar-refractivity contribution in [1.29, 1.82) is 0 Å². The average molecular weight is 287 g/mol. The Morgan fingerprint density at radius 3 is 2.81 bits per heavy atom. The van der Waals surface area contributed by atoms with Crippen molar-refractivity contribution in [3.8, 4) is 0 Å². The minimum Gasteiger partial charge on any atom is -0.381 e. The van der Waals surface area contributed by atoms with Crippen molar-refractivity contribution in [2.75, 3.05) is 5.32 Å². The van der Waals surface area contributed by atoms with Crippen LogP contribution >= 0.6 is 0 Å². The van der Waals surface area contributed by atoms with Crippen LogP contribution in [-0.2, 0) is 7.05 Å². The summed E-state index contributed by atoms with van der Waals surface area (Å²) < 4.78 is 1.51. The van der Waals surface area contributed by atoms with Gasteiger partial charge in [0.25, 0.3) is 11.2 Å². The van der Waals surface area contributed by atoms with Crippen LogP contribution in [0.1, 0.15) is 19.8 Å². The zero-order valence-corrected chi connectivity index (χ0v) is 12.0. The van der Waals surface area contributed by atoms with E-state index in [9.17, 15) is 14.9 Å². The lowest BCUT2D eigenvalue weighted by atomic mass is 10.1. The van der Waals surface area contributed by atoms with Gasteiger partial charge >= 0.3 is 0 Å². The van der Waals surface area contributed by atoms with Crippen molar-refractivity contribution in [1.82, 2.24) is 4.57 Å². The average Bonchev–Trinajstić information content (AvgIpc) is 3.22. The van der Waals surface area contributed by atoms with E-state index in [0.29, 0.717) is 28.6 Å². The third-order valence-electron chi connectivity index (χ3n) is 4.23. The Morgan fingerprint density at radius 2 is 2.19 bits per heavy atom. The van der Waals surface area contributed by atoms with E-state index in [1.807, 2.05) is 0 Å². The normalized spacial score (nSPS) is 20.5. The summed E-state index contributed by atoms with van der Waals surface area (Å²) in [6.07, 6.45) is 2.18. The van der Waals surface area contributed by atoms with E-state index in [0.717, 1.165) is 12.8 Å². The predicted octanol–water partition coefficient (Wildman–Crippen LogP) is 2.66. The van der Waals surface area contributed by atoms with Gasteiger partial charge in [0, 0.05) is 42.4 Å². The smallest absolute Gasteiger partial charge is 0.270 e. The summed E-state index contributed by atoms with van der Waals surface area (Å²) in [5.41, 5.74) is 1.31. The molecule has 6 heteroatoms. The number of benzene rings is 1. The number of nitro groups is 1. The minimum absolute atomic E-state index is 0.0343. The molecule has 1 aliphatic carbocycles. The number of anilines is 1. The Balaban J connectivity index is 2.12. The molecule has 1 aliphatic rings. The van der Waals surface area contributed by atoms with Gasteiger partial charge in [-0.25, -0.2) is 0 Å². The number of non-ortho nitro benzene ring substituents is 1. The summed E-state index contributed by atoms with van der Waals surface area (Å²) in [5, 5.41) is 15.0. The Morgan fingerprint density at radius 1 is 1.43 bits per heavy atom. The Kier molecular flexibility index (Phi) is 3.16. The molecular formula is C15H17N3O3. The summed E-state index contributed by atoms with van der Waals surface area (Å²) in [5.74, 6) is 0.628. The molecule has 2 atom stereocenters. The molecule has 3 rings (SSSR count). The number of nitro benzene ring substituents is 1. The highest BCUT2D eigenvalue weighted by Gasteiger charge is 2.35. The maximum Gasteiger partial charge on any atom is 0.270 e. The van der Waals surface area contributed by atoms with Gasteiger partial charge in [-0.05, 0) is 18.4 Å². The van der Waals surface area contributed by atoms with Gasteiger partial charge in [0.05, 0.1) is 10.4 Å². The van der Waals surface area contributed by atoms with Crippen molar-refractivity contribution in [2.24, 2.45) is 13.0 Å². The van der Waals surface area contributed by atoms with Crippen molar-refractivity contribution in [3.05, 3.63) is 44.7 Å². The van der Waals surface area contributed by atoms with Crippen LogP contribution < -0.4 is 10.9 Å². The fourth-order valence-electron chi connectivity index (χ4n) is 2.76. The fourth-order valence-corrected chi connectivity index (χ4v) is 2.76. The van der Waals surface area contributed by atoms with E-state index in [1.165, 1.54) is 22.8 Å². The zero-order valence-electron chi connectivity index (χ0n) is 12.0. The summed E-state index contributed by atoms with van der Waals surface area (Å²) in [6.45, 7) is 2.14. The van der Waals surface area contributed by atoms with E-state index in [4.69, 9.17) is 0 Å². The highest BCUT2D eigenvalue weighted by atomic mass is 16.6. The molecule has 0 amide bonds. The second kappa shape index (κ2) is 4.87. The molecule has 0 unspecified atom stereocenters. The molecule has 1 saturated carbocycles. The lowest BCUT2D eigenvalue weighted by Gasteiger charge is -2.12. The van der Waals surface area contributed by atoms with E-state index < -0.39 is 4.92 Å². The number of nitrogens with one attached hydrogen (secondary N) is 1. The Hall–Kier alpha value is -2.37. The van der Waals surface area contributed by atoms with Gasteiger partial charge in [-0.15, -0.1) is 0 Å². The Labute approximate surface area is 121 Å². The second-order valence-electron chi connectivity index (χ2n) is 5.57. The molecule has 0 radical (unpaired) electrons. The van der Waals surface area contributed by atoms with Crippen LogP contribution in [0.15, 0.2) is 29.1 Å². The maximum absolute atomic E-state index is 12.0. The summed E-state index contributed by atoms with van der Waals surface area (Å²) >= 11 is 0. The molecule has 6 nitrogen and oxygen atoms in total. The SMILES string of the molecule is CC[C@@H]1C[C@H]1Nc1cc(=O)n(C)c2ccc([N+](=O)[O-])cc12. The number of pyridine rings is 1. The third kappa shape index (κ3) is 2.37. The topological polar surface area (TPSA) is 77.2 Å². The van der Waals surface area contributed by atoms with E-state index in [2.05, 4.69) is 12.2 Å². The molecule has 1 fully saturated rings. The minimum atomic E-state index is -0.416. The zero-order chi connectivity index (χ0) is 15.1. The summed E-state index contributed by atoms with van der Waals surface area (Å²) in [7, 11) is 1.67. The molecule has 21 heavy (non-hydrogen) atoms. The molecule has 1 aromatic carbocycles. The molecule has 0 spiro atoms. The summed E-state index contributed by atoms with van der Waals surface area (Å²) in [4.78, 5) is 22.6. The van der Waals surface area contributed by atoms with Gasteiger partial charge in [0.15, 0.2) is 0 Å². The second-order valence-corrected chi connectivity index (χ2v) is 5.57. The van der Waals surface area contributed by atoms with Crippen molar-refractivity contribution >= 4 is 22.3 Å². The van der Waals surface area contributed by atoms with Crippen LogP contribution in [0.3, 0.4) is 0 Å². The third-order valence-corrected chi connectivity index (χ3v) is 4.23. The number of hydrogen-bond acceptors (Lipinski definition) is 4. The number of aromatic nitrogens is 1. The molecule has 0 saturated heterocycles. The quantitative estimate of drug-likeness (QED) is 0.692. The van der Waals surface area contributed by atoms with Crippen LogP contribution in [0.25, 0.3) is 10.9 Å². The molecule has 1 aromatic heterocycles. The Bertz CT molecular complexity index is 782. The first-order valence-electron chi connectivity index (χ1n) is 7.06. The molecule has 110 valence electrons. The van der Waals surface area contributed by atoms with Crippen LogP contribution in [0.5, 0.6) is 0 Å². The first-order chi connectivity index (χ1) is 10.0.